The number of oxazole rings is 1. The molecule has 0 aliphatic rings. The molecule has 1 aromatic carbocycles. The van der Waals surface area contributed by atoms with Crippen molar-refractivity contribution in [3.8, 4) is 0 Å². The van der Waals surface area contributed by atoms with Gasteiger partial charge in [0.15, 0.2) is 0 Å². The van der Waals surface area contributed by atoms with E-state index in [-0.39, 0.29) is 6.61 Å². The monoisotopic (exact) mass is 255 g/mol. The molecular weight excluding hydrogens is 246 g/mol. The topological polar surface area (TPSA) is 46.3 Å². The van der Waals surface area contributed by atoms with Crippen LogP contribution in [0.25, 0.3) is 0 Å². The number of halogens is 1. The van der Waals surface area contributed by atoms with Gasteiger partial charge in [0, 0.05) is 9.92 Å². The molecule has 0 radical (unpaired) electrons. The van der Waals surface area contributed by atoms with Crippen LogP contribution < -0.4 is 0 Å². The smallest absolute Gasteiger partial charge is 0.260 e. The Bertz CT molecular complexity index is 498. The zero-order chi connectivity index (χ0) is 11.5. The molecule has 2 aromatic rings. The van der Waals surface area contributed by atoms with E-state index < -0.39 is 0 Å². The van der Waals surface area contributed by atoms with Crippen LogP contribution in [0.2, 0.25) is 5.02 Å². The lowest BCUT2D eigenvalue weighted by Gasteiger charge is -2.02. The van der Waals surface area contributed by atoms with E-state index in [4.69, 9.17) is 21.1 Å². The van der Waals surface area contributed by atoms with E-state index in [2.05, 4.69) is 4.98 Å². The summed E-state index contributed by atoms with van der Waals surface area (Å²) in [5, 5.41) is 10.1. The molecule has 1 aromatic heterocycles. The molecule has 0 fully saturated rings. The number of aliphatic hydroxyl groups excluding tert-OH is 1. The van der Waals surface area contributed by atoms with Gasteiger partial charge in [-0.2, -0.15) is 0 Å². The van der Waals surface area contributed by atoms with E-state index in [1.54, 1.807) is 18.4 Å². The van der Waals surface area contributed by atoms with E-state index in [1.165, 1.54) is 11.8 Å². The Labute approximate surface area is 102 Å². The van der Waals surface area contributed by atoms with E-state index in [0.29, 0.717) is 10.2 Å². The van der Waals surface area contributed by atoms with Gasteiger partial charge < -0.3 is 9.52 Å². The lowest BCUT2D eigenvalue weighted by atomic mass is 10.2. The van der Waals surface area contributed by atoms with Crippen molar-refractivity contribution in [1.82, 2.24) is 4.98 Å². The summed E-state index contributed by atoms with van der Waals surface area (Å²) >= 11 is 7.37. The number of aliphatic hydroxyl groups is 1. The SMILES string of the molecule is Cc1coc(Sc2ccc(CO)c(Cl)c2)n1. The second kappa shape index (κ2) is 4.91. The third kappa shape index (κ3) is 2.58. The summed E-state index contributed by atoms with van der Waals surface area (Å²) in [6.45, 7) is 1.82. The van der Waals surface area contributed by atoms with Crippen molar-refractivity contribution >= 4 is 23.4 Å². The average Bonchev–Trinajstić information content (AvgIpc) is 2.64. The molecule has 0 aliphatic carbocycles. The second-order valence-corrected chi connectivity index (χ2v) is 4.70. The molecule has 84 valence electrons. The van der Waals surface area contributed by atoms with Gasteiger partial charge in [-0.1, -0.05) is 17.7 Å². The lowest BCUT2D eigenvalue weighted by Crippen LogP contribution is -1.84. The quantitative estimate of drug-likeness (QED) is 0.914. The third-order valence-electron chi connectivity index (χ3n) is 2.00. The first-order chi connectivity index (χ1) is 7.69. The number of benzene rings is 1. The van der Waals surface area contributed by atoms with Crippen molar-refractivity contribution in [2.24, 2.45) is 0 Å². The molecule has 1 heterocycles. The number of hydrogen-bond donors (Lipinski definition) is 1. The van der Waals surface area contributed by atoms with Crippen LogP contribution in [0.1, 0.15) is 11.3 Å². The first-order valence-corrected chi connectivity index (χ1v) is 5.88. The fourth-order valence-electron chi connectivity index (χ4n) is 1.20. The van der Waals surface area contributed by atoms with Gasteiger partial charge in [0.05, 0.1) is 12.3 Å². The Balaban J connectivity index is 2.19. The standard InChI is InChI=1S/C11H10ClNO2S/c1-7-6-15-11(13-7)16-9-3-2-8(5-14)10(12)4-9/h2-4,6,14H,5H2,1H3. The van der Waals surface area contributed by atoms with Crippen molar-refractivity contribution < 1.29 is 9.52 Å². The zero-order valence-corrected chi connectivity index (χ0v) is 10.2. The van der Waals surface area contributed by atoms with Crippen LogP contribution in [0.5, 0.6) is 0 Å². The molecule has 0 spiro atoms. The summed E-state index contributed by atoms with van der Waals surface area (Å²) in [6, 6.07) is 5.46. The van der Waals surface area contributed by atoms with Crippen LogP contribution in [-0.2, 0) is 6.61 Å². The Morgan fingerprint density at radius 3 is 2.88 bits per heavy atom. The highest BCUT2D eigenvalue weighted by molar-refractivity contribution is 7.99. The number of nitrogens with zero attached hydrogens (tertiary/aromatic N) is 1. The summed E-state index contributed by atoms with van der Waals surface area (Å²) in [5.41, 5.74) is 1.56. The van der Waals surface area contributed by atoms with E-state index >= 15 is 0 Å². The summed E-state index contributed by atoms with van der Waals surface area (Å²) in [4.78, 5) is 5.12. The first kappa shape index (κ1) is 11.5. The van der Waals surface area contributed by atoms with Gasteiger partial charge in [0.1, 0.15) is 6.26 Å². The predicted molar refractivity (Wildman–Crippen MR) is 62.7 cm³/mol. The zero-order valence-electron chi connectivity index (χ0n) is 8.61. The Kier molecular flexibility index (Phi) is 3.53. The largest absolute Gasteiger partial charge is 0.439 e. The van der Waals surface area contributed by atoms with Crippen LogP contribution in [0.4, 0.5) is 0 Å². The summed E-state index contributed by atoms with van der Waals surface area (Å²) in [7, 11) is 0. The molecule has 2 rings (SSSR count). The third-order valence-corrected chi connectivity index (χ3v) is 3.20. The molecular formula is C11H10ClNO2S. The minimum Gasteiger partial charge on any atom is -0.439 e. The summed E-state index contributed by atoms with van der Waals surface area (Å²) in [5.74, 6) is 0. The fraction of sp³-hybridized carbons (Fsp3) is 0.182. The molecule has 0 unspecified atom stereocenters. The van der Waals surface area contributed by atoms with Gasteiger partial charge in [-0.25, -0.2) is 4.98 Å². The summed E-state index contributed by atoms with van der Waals surface area (Å²) in [6.07, 6.45) is 1.60. The highest BCUT2D eigenvalue weighted by atomic mass is 35.5. The lowest BCUT2D eigenvalue weighted by molar-refractivity contribution is 0.282. The molecule has 1 N–H and O–H groups in total. The molecule has 0 aliphatic heterocycles. The molecule has 0 saturated carbocycles. The maximum absolute atomic E-state index is 8.98. The van der Waals surface area contributed by atoms with E-state index in [9.17, 15) is 0 Å². The van der Waals surface area contributed by atoms with Gasteiger partial charge >= 0.3 is 0 Å². The van der Waals surface area contributed by atoms with Crippen LogP contribution >= 0.6 is 23.4 Å². The van der Waals surface area contributed by atoms with Gasteiger partial charge in [0.2, 0.25) is 0 Å². The predicted octanol–water partition coefficient (Wildman–Crippen LogP) is 3.28. The van der Waals surface area contributed by atoms with Gasteiger partial charge in [0.25, 0.3) is 5.22 Å². The molecule has 0 saturated heterocycles. The second-order valence-electron chi connectivity index (χ2n) is 3.27. The molecule has 0 bridgehead atoms. The van der Waals surface area contributed by atoms with Crippen LogP contribution in [0.3, 0.4) is 0 Å². The van der Waals surface area contributed by atoms with Gasteiger partial charge in [-0.05, 0) is 36.4 Å². The maximum atomic E-state index is 8.98. The first-order valence-electron chi connectivity index (χ1n) is 4.68. The van der Waals surface area contributed by atoms with Crippen LogP contribution in [0, 0.1) is 6.92 Å². The molecule has 0 amide bonds. The van der Waals surface area contributed by atoms with Crippen LogP contribution in [0.15, 0.2) is 39.0 Å². The fourth-order valence-corrected chi connectivity index (χ4v) is 2.31. The van der Waals surface area contributed by atoms with Crippen molar-refractivity contribution in [3.05, 3.63) is 40.7 Å². The molecule has 0 atom stereocenters. The minimum absolute atomic E-state index is 0.0537. The Morgan fingerprint density at radius 1 is 1.50 bits per heavy atom. The van der Waals surface area contributed by atoms with Crippen molar-refractivity contribution in [1.29, 1.82) is 0 Å². The average molecular weight is 256 g/mol. The highest BCUT2D eigenvalue weighted by Crippen LogP contribution is 2.30. The van der Waals surface area contributed by atoms with Crippen molar-refractivity contribution in [2.75, 3.05) is 0 Å². The van der Waals surface area contributed by atoms with Gasteiger partial charge in [-0.3, -0.25) is 0 Å². The van der Waals surface area contributed by atoms with Gasteiger partial charge in [-0.15, -0.1) is 0 Å². The number of aryl methyl sites for hydroxylation is 1. The molecule has 3 nitrogen and oxygen atoms in total. The minimum atomic E-state index is -0.0537. The summed E-state index contributed by atoms with van der Waals surface area (Å²) < 4.78 is 5.22. The normalized spacial score (nSPS) is 10.7. The number of rotatable bonds is 3. The Morgan fingerprint density at radius 2 is 2.31 bits per heavy atom. The molecule has 16 heavy (non-hydrogen) atoms. The van der Waals surface area contributed by atoms with Crippen molar-refractivity contribution in [3.63, 3.8) is 0 Å². The van der Waals surface area contributed by atoms with E-state index in [1.807, 2.05) is 13.0 Å². The van der Waals surface area contributed by atoms with E-state index in [0.717, 1.165) is 16.2 Å². The number of aromatic nitrogens is 1. The van der Waals surface area contributed by atoms with Crippen LogP contribution in [-0.4, -0.2) is 10.1 Å². The number of hydrogen-bond acceptors (Lipinski definition) is 4. The highest BCUT2D eigenvalue weighted by Gasteiger charge is 2.06. The maximum Gasteiger partial charge on any atom is 0.260 e. The Hall–Kier alpha value is -0.970. The molecule has 5 heteroatoms. The van der Waals surface area contributed by atoms with Crippen molar-refractivity contribution in [2.45, 2.75) is 23.6 Å².